The third-order valence-corrected chi connectivity index (χ3v) is 5.75. The third-order valence-electron chi connectivity index (χ3n) is 3.50. The van der Waals surface area contributed by atoms with Crippen molar-refractivity contribution in [3.05, 3.63) is 45.9 Å². The summed E-state index contributed by atoms with van der Waals surface area (Å²) < 4.78 is 22.5. The minimum absolute atomic E-state index is 0.0819. The molecule has 0 saturated carbocycles. The molecule has 0 fully saturated rings. The SMILES string of the molecule is CCc1cnc(C(C)NC(C)c2ccc(S(N)(=O)=O)cc2)s1. The first-order valence-electron chi connectivity index (χ1n) is 7.14. The van der Waals surface area contributed by atoms with E-state index in [0.29, 0.717) is 0 Å². The van der Waals surface area contributed by atoms with E-state index in [1.807, 2.05) is 13.1 Å². The number of hydrogen-bond donors (Lipinski definition) is 2. The highest BCUT2D eigenvalue weighted by atomic mass is 32.2. The highest BCUT2D eigenvalue weighted by Crippen LogP contribution is 2.24. The van der Waals surface area contributed by atoms with Crippen molar-refractivity contribution in [2.75, 3.05) is 0 Å². The fourth-order valence-corrected chi connectivity index (χ4v) is 3.56. The number of thiazole rings is 1. The Bertz CT molecular complexity index is 724. The molecule has 2 rings (SSSR count). The van der Waals surface area contributed by atoms with E-state index in [1.165, 1.54) is 17.0 Å². The van der Waals surface area contributed by atoms with Crippen molar-refractivity contribution in [1.29, 1.82) is 0 Å². The fraction of sp³-hybridized carbons (Fsp3) is 0.400. The van der Waals surface area contributed by atoms with E-state index in [2.05, 4.69) is 24.1 Å². The Hall–Kier alpha value is -1.28. The molecule has 0 saturated heterocycles. The number of hydrogen-bond acceptors (Lipinski definition) is 5. The van der Waals surface area contributed by atoms with Crippen LogP contribution < -0.4 is 10.5 Å². The molecular formula is C15H21N3O2S2. The molecule has 2 aromatic rings. The van der Waals surface area contributed by atoms with Crippen LogP contribution in [-0.2, 0) is 16.4 Å². The molecule has 22 heavy (non-hydrogen) atoms. The predicted octanol–water partition coefficient (Wildman–Crippen LogP) is 2.76. The van der Waals surface area contributed by atoms with Crippen LogP contribution in [-0.4, -0.2) is 13.4 Å². The minimum atomic E-state index is -3.64. The van der Waals surface area contributed by atoms with Crippen molar-refractivity contribution >= 4 is 21.4 Å². The summed E-state index contributed by atoms with van der Waals surface area (Å²) >= 11 is 1.71. The monoisotopic (exact) mass is 339 g/mol. The zero-order valence-electron chi connectivity index (χ0n) is 12.9. The lowest BCUT2D eigenvalue weighted by Crippen LogP contribution is -2.22. The highest BCUT2D eigenvalue weighted by Gasteiger charge is 2.15. The number of nitrogens with two attached hydrogens (primary N) is 1. The molecule has 7 heteroatoms. The Kier molecular flexibility index (Phi) is 5.33. The van der Waals surface area contributed by atoms with E-state index in [0.717, 1.165) is 17.0 Å². The predicted molar refractivity (Wildman–Crippen MR) is 89.3 cm³/mol. The van der Waals surface area contributed by atoms with Crippen LogP contribution in [0.5, 0.6) is 0 Å². The summed E-state index contributed by atoms with van der Waals surface area (Å²) in [6.45, 7) is 6.23. The van der Waals surface area contributed by atoms with Gasteiger partial charge in [0.1, 0.15) is 5.01 Å². The second-order valence-electron chi connectivity index (χ2n) is 5.24. The van der Waals surface area contributed by atoms with Gasteiger partial charge in [0.2, 0.25) is 10.0 Å². The summed E-state index contributed by atoms with van der Waals surface area (Å²) in [5.74, 6) is 0. The molecule has 120 valence electrons. The van der Waals surface area contributed by atoms with E-state index in [4.69, 9.17) is 5.14 Å². The molecule has 0 spiro atoms. The van der Waals surface area contributed by atoms with E-state index in [9.17, 15) is 8.42 Å². The molecule has 0 bridgehead atoms. The number of aromatic nitrogens is 1. The zero-order valence-corrected chi connectivity index (χ0v) is 14.5. The van der Waals surface area contributed by atoms with E-state index in [1.54, 1.807) is 23.5 Å². The van der Waals surface area contributed by atoms with E-state index in [-0.39, 0.29) is 17.0 Å². The molecule has 0 amide bonds. The molecule has 0 aliphatic carbocycles. The van der Waals surface area contributed by atoms with Crippen LogP contribution in [0.2, 0.25) is 0 Å². The van der Waals surface area contributed by atoms with Gasteiger partial charge in [0.15, 0.2) is 0 Å². The van der Waals surface area contributed by atoms with Crippen LogP contribution in [0.3, 0.4) is 0 Å². The van der Waals surface area contributed by atoms with Gasteiger partial charge in [0, 0.05) is 17.1 Å². The third kappa shape index (κ3) is 4.13. The molecule has 1 heterocycles. The molecule has 0 radical (unpaired) electrons. The average Bonchev–Trinajstić information content (AvgIpc) is 2.95. The lowest BCUT2D eigenvalue weighted by atomic mass is 10.1. The second kappa shape index (κ2) is 6.87. The highest BCUT2D eigenvalue weighted by molar-refractivity contribution is 7.89. The lowest BCUT2D eigenvalue weighted by Gasteiger charge is -2.19. The van der Waals surface area contributed by atoms with Gasteiger partial charge in [0.25, 0.3) is 0 Å². The maximum absolute atomic E-state index is 11.3. The first-order chi connectivity index (χ1) is 10.3. The van der Waals surface area contributed by atoms with E-state index >= 15 is 0 Å². The fourth-order valence-electron chi connectivity index (χ4n) is 2.17. The van der Waals surface area contributed by atoms with Crippen LogP contribution in [0.1, 0.15) is 48.3 Å². The molecule has 2 unspecified atom stereocenters. The summed E-state index contributed by atoms with van der Waals surface area (Å²) in [5, 5.41) is 9.64. The van der Waals surface area contributed by atoms with Crippen molar-refractivity contribution in [3.8, 4) is 0 Å². The Balaban J connectivity index is 2.06. The van der Waals surface area contributed by atoms with Crippen molar-refractivity contribution in [2.45, 2.75) is 44.2 Å². The topological polar surface area (TPSA) is 85.1 Å². The zero-order chi connectivity index (χ0) is 16.3. The summed E-state index contributed by atoms with van der Waals surface area (Å²) in [4.78, 5) is 5.84. The first kappa shape index (κ1) is 17.1. The molecule has 0 aliphatic heterocycles. The Labute approximate surface area is 135 Å². The molecular weight excluding hydrogens is 318 g/mol. The number of benzene rings is 1. The smallest absolute Gasteiger partial charge is 0.238 e. The van der Waals surface area contributed by atoms with Gasteiger partial charge in [-0.25, -0.2) is 18.5 Å². The molecule has 3 N–H and O–H groups in total. The average molecular weight is 339 g/mol. The van der Waals surface area contributed by atoms with Gasteiger partial charge in [-0.1, -0.05) is 19.1 Å². The van der Waals surface area contributed by atoms with Crippen LogP contribution in [0, 0.1) is 0 Å². The lowest BCUT2D eigenvalue weighted by molar-refractivity contribution is 0.493. The van der Waals surface area contributed by atoms with Gasteiger partial charge in [-0.05, 0) is 38.0 Å². The Morgan fingerprint density at radius 2 is 1.86 bits per heavy atom. The minimum Gasteiger partial charge on any atom is -0.302 e. The number of aryl methyl sites for hydroxylation is 1. The molecule has 1 aromatic carbocycles. The van der Waals surface area contributed by atoms with Crippen molar-refractivity contribution < 1.29 is 8.42 Å². The van der Waals surface area contributed by atoms with Gasteiger partial charge >= 0.3 is 0 Å². The van der Waals surface area contributed by atoms with Crippen molar-refractivity contribution in [2.24, 2.45) is 5.14 Å². The molecule has 2 atom stereocenters. The van der Waals surface area contributed by atoms with Gasteiger partial charge in [-0.15, -0.1) is 11.3 Å². The second-order valence-corrected chi connectivity index (χ2v) is 7.95. The molecule has 5 nitrogen and oxygen atoms in total. The maximum atomic E-state index is 11.3. The van der Waals surface area contributed by atoms with Gasteiger partial charge in [-0.2, -0.15) is 0 Å². The largest absolute Gasteiger partial charge is 0.302 e. The summed E-state index contributed by atoms with van der Waals surface area (Å²) in [6, 6.07) is 6.85. The number of sulfonamides is 1. The standard InChI is InChI=1S/C15H21N3O2S2/c1-4-13-9-17-15(21-13)11(3)18-10(2)12-5-7-14(8-6-12)22(16,19)20/h5-11,18H,4H2,1-3H3,(H2,16,19,20). The van der Waals surface area contributed by atoms with Gasteiger partial charge in [0.05, 0.1) is 10.9 Å². The quantitative estimate of drug-likeness (QED) is 0.847. The van der Waals surface area contributed by atoms with Crippen molar-refractivity contribution in [1.82, 2.24) is 10.3 Å². The molecule has 0 aliphatic rings. The Morgan fingerprint density at radius 3 is 2.36 bits per heavy atom. The Morgan fingerprint density at radius 1 is 1.23 bits per heavy atom. The number of nitrogens with zero attached hydrogens (tertiary/aromatic N) is 1. The van der Waals surface area contributed by atoms with E-state index < -0.39 is 10.0 Å². The number of primary sulfonamides is 1. The maximum Gasteiger partial charge on any atom is 0.238 e. The van der Waals surface area contributed by atoms with Gasteiger partial charge in [-0.3, -0.25) is 0 Å². The normalized spacial score (nSPS) is 14.7. The van der Waals surface area contributed by atoms with Crippen LogP contribution >= 0.6 is 11.3 Å². The van der Waals surface area contributed by atoms with Gasteiger partial charge < -0.3 is 5.32 Å². The van der Waals surface area contributed by atoms with Crippen LogP contribution in [0.25, 0.3) is 0 Å². The van der Waals surface area contributed by atoms with Crippen LogP contribution in [0.15, 0.2) is 35.4 Å². The van der Waals surface area contributed by atoms with Crippen molar-refractivity contribution in [3.63, 3.8) is 0 Å². The molecule has 1 aromatic heterocycles. The summed E-state index contributed by atoms with van der Waals surface area (Å²) in [5.41, 5.74) is 1.01. The van der Waals surface area contributed by atoms with Crippen LogP contribution in [0.4, 0.5) is 0 Å². The summed E-state index contributed by atoms with van der Waals surface area (Å²) in [7, 11) is -3.64. The number of nitrogens with one attached hydrogen (secondary N) is 1. The first-order valence-corrected chi connectivity index (χ1v) is 9.51. The number of rotatable bonds is 6. The summed E-state index contributed by atoms with van der Waals surface area (Å²) in [6.07, 6.45) is 2.92.